The molecule has 0 radical (unpaired) electrons. The lowest BCUT2D eigenvalue weighted by Gasteiger charge is -2.13. The van der Waals surface area contributed by atoms with E-state index in [-0.39, 0.29) is 12.5 Å². The van der Waals surface area contributed by atoms with E-state index in [1.54, 1.807) is 18.6 Å². The van der Waals surface area contributed by atoms with Crippen LogP contribution < -0.4 is 5.73 Å². The average Bonchev–Trinajstić information content (AvgIpc) is 2.26. The lowest BCUT2D eigenvalue weighted by atomic mass is 10.1. The van der Waals surface area contributed by atoms with Crippen LogP contribution in [0.4, 0.5) is 0 Å². The number of esters is 1. The maximum Gasteiger partial charge on any atom is 0.323 e. The van der Waals surface area contributed by atoms with Crippen LogP contribution in [0.5, 0.6) is 0 Å². The first-order chi connectivity index (χ1) is 7.11. The Labute approximate surface area is 88.7 Å². The number of ether oxygens (including phenoxy) is 1. The molecule has 1 heterocycles. The lowest BCUT2D eigenvalue weighted by molar-refractivity contribution is -0.147. The van der Waals surface area contributed by atoms with E-state index < -0.39 is 12.0 Å². The summed E-state index contributed by atoms with van der Waals surface area (Å²) in [6.07, 6.45) is 4.66. The summed E-state index contributed by atoms with van der Waals surface area (Å²) >= 11 is 0. The molecule has 1 aromatic heterocycles. The molecule has 1 aromatic rings. The molecule has 0 aliphatic rings. The monoisotopic (exact) mass is 209 g/mol. The summed E-state index contributed by atoms with van der Waals surface area (Å²) in [5, 5.41) is 0. The molecule has 0 aromatic carbocycles. The van der Waals surface area contributed by atoms with Crippen LogP contribution in [0, 0.1) is 5.92 Å². The molecule has 2 N–H and O–H groups in total. The third-order valence-electron chi connectivity index (χ3n) is 1.97. The fraction of sp³-hybridized carbons (Fsp3) is 0.500. The normalized spacial score (nSPS) is 12.5. The predicted octanol–water partition coefficient (Wildman–Crippen LogP) is 0.503. The van der Waals surface area contributed by atoms with Gasteiger partial charge in [-0.25, -0.2) is 0 Å². The molecule has 0 amide bonds. The molecular formula is C10H15N3O2. The van der Waals surface area contributed by atoms with Crippen molar-refractivity contribution in [3.8, 4) is 0 Å². The predicted molar refractivity (Wildman–Crippen MR) is 54.6 cm³/mol. The molecule has 82 valence electrons. The quantitative estimate of drug-likeness (QED) is 0.731. The second kappa shape index (κ2) is 5.41. The molecule has 0 fully saturated rings. The minimum Gasteiger partial charge on any atom is -0.458 e. The van der Waals surface area contributed by atoms with E-state index in [2.05, 4.69) is 9.97 Å². The molecule has 0 saturated carbocycles. The van der Waals surface area contributed by atoms with Crippen LogP contribution in [0.2, 0.25) is 0 Å². The van der Waals surface area contributed by atoms with Gasteiger partial charge in [0.25, 0.3) is 0 Å². The third-order valence-corrected chi connectivity index (χ3v) is 1.97. The van der Waals surface area contributed by atoms with E-state index in [9.17, 15) is 4.79 Å². The fourth-order valence-corrected chi connectivity index (χ4v) is 0.918. The lowest BCUT2D eigenvalue weighted by Crippen LogP contribution is -2.36. The zero-order valence-electron chi connectivity index (χ0n) is 8.88. The van der Waals surface area contributed by atoms with Crippen LogP contribution in [-0.4, -0.2) is 22.0 Å². The van der Waals surface area contributed by atoms with Crippen molar-refractivity contribution in [1.29, 1.82) is 0 Å². The highest BCUT2D eigenvalue weighted by atomic mass is 16.5. The molecule has 0 bridgehead atoms. The zero-order valence-corrected chi connectivity index (χ0v) is 8.88. The van der Waals surface area contributed by atoms with Crippen LogP contribution in [0.15, 0.2) is 18.6 Å². The van der Waals surface area contributed by atoms with Crippen molar-refractivity contribution in [1.82, 2.24) is 9.97 Å². The van der Waals surface area contributed by atoms with Gasteiger partial charge in [0.15, 0.2) is 0 Å². The minimum atomic E-state index is -0.582. The summed E-state index contributed by atoms with van der Waals surface area (Å²) in [6, 6.07) is -0.582. The Balaban J connectivity index is 2.41. The maximum atomic E-state index is 11.4. The van der Waals surface area contributed by atoms with Crippen molar-refractivity contribution < 1.29 is 9.53 Å². The van der Waals surface area contributed by atoms with Gasteiger partial charge >= 0.3 is 5.97 Å². The van der Waals surface area contributed by atoms with Gasteiger partial charge < -0.3 is 10.5 Å². The average molecular weight is 209 g/mol. The molecule has 0 spiro atoms. The number of carbonyl (C=O) groups is 1. The van der Waals surface area contributed by atoms with E-state index in [1.807, 2.05) is 13.8 Å². The van der Waals surface area contributed by atoms with Crippen molar-refractivity contribution >= 4 is 5.97 Å². The molecule has 1 rings (SSSR count). The van der Waals surface area contributed by atoms with Gasteiger partial charge in [-0.3, -0.25) is 14.8 Å². The number of carbonyl (C=O) groups excluding carboxylic acids is 1. The SMILES string of the molecule is CC(C)C(N)C(=O)OCc1cnccn1. The molecule has 5 heteroatoms. The Bertz CT molecular complexity index is 314. The van der Waals surface area contributed by atoms with Crippen LogP contribution in [0.3, 0.4) is 0 Å². The Morgan fingerprint density at radius 2 is 2.27 bits per heavy atom. The number of aromatic nitrogens is 2. The highest BCUT2D eigenvalue weighted by molar-refractivity contribution is 5.75. The molecule has 0 saturated heterocycles. The van der Waals surface area contributed by atoms with Gasteiger partial charge in [0.2, 0.25) is 0 Å². The second-order valence-electron chi connectivity index (χ2n) is 3.57. The van der Waals surface area contributed by atoms with E-state index in [4.69, 9.17) is 10.5 Å². The molecule has 0 aliphatic heterocycles. The Kier molecular flexibility index (Phi) is 4.17. The molecule has 5 nitrogen and oxygen atoms in total. The van der Waals surface area contributed by atoms with Gasteiger partial charge in [-0.15, -0.1) is 0 Å². The van der Waals surface area contributed by atoms with Crippen LogP contribution in [0.25, 0.3) is 0 Å². The maximum absolute atomic E-state index is 11.4. The Morgan fingerprint density at radius 1 is 1.53 bits per heavy atom. The Hall–Kier alpha value is -1.49. The van der Waals surface area contributed by atoms with Gasteiger partial charge in [0.1, 0.15) is 12.6 Å². The molecular weight excluding hydrogens is 194 g/mol. The topological polar surface area (TPSA) is 78.1 Å². The number of nitrogens with two attached hydrogens (primary N) is 1. The largest absolute Gasteiger partial charge is 0.458 e. The van der Waals surface area contributed by atoms with E-state index in [0.717, 1.165) is 0 Å². The number of hydrogen-bond donors (Lipinski definition) is 1. The third kappa shape index (κ3) is 3.63. The summed E-state index contributed by atoms with van der Waals surface area (Å²) in [7, 11) is 0. The molecule has 1 unspecified atom stereocenters. The van der Waals surface area contributed by atoms with Crippen LogP contribution in [0.1, 0.15) is 19.5 Å². The van der Waals surface area contributed by atoms with Gasteiger partial charge in [0.05, 0.1) is 11.9 Å². The van der Waals surface area contributed by atoms with Crippen molar-refractivity contribution in [3.05, 3.63) is 24.3 Å². The first-order valence-corrected chi connectivity index (χ1v) is 4.78. The van der Waals surface area contributed by atoms with Crippen molar-refractivity contribution in [2.75, 3.05) is 0 Å². The number of hydrogen-bond acceptors (Lipinski definition) is 5. The number of nitrogens with zero attached hydrogens (tertiary/aromatic N) is 2. The van der Waals surface area contributed by atoms with Gasteiger partial charge in [0, 0.05) is 12.4 Å². The fourth-order valence-electron chi connectivity index (χ4n) is 0.918. The van der Waals surface area contributed by atoms with Crippen molar-refractivity contribution in [2.24, 2.45) is 11.7 Å². The minimum absolute atomic E-state index is 0.0688. The second-order valence-corrected chi connectivity index (χ2v) is 3.57. The van der Waals surface area contributed by atoms with E-state index >= 15 is 0 Å². The first kappa shape index (κ1) is 11.6. The summed E-state index contributed by atoms with van der Waals surface area (Å²) < 4.78 is 4.98. The van der Waals surface area contributed by atoms with Gasteiger partial charge in [-0.1, -0.05) is 13.8 Å². The molecule has 0 aliphatic carbocycles. The van der Waals surface area contributed by atoms with Crippen molar-refractivity contribution in [3.63, 3.8) is 0 Å². The smallest absolute Gasteiger partial charge is 0.323 e. The van der Waals surface area contributed by atoms with Crippen LogP contribution in [-0.2, 0) is 16.1 Å². The summed E-state index contributed by atoms with van der Waals surface area (Å²) in [5.74, 6) is -0.338. The van der Waals surface area contributed by atoms with E-state index in [0.29, 0.717) is 5.69 Å². The highest BCUT2D eigenvalue weighted by Gasteiger charge is 2.18. The molecule has 1 atom stereocenters. The summed E-state index contributed by atoms with van der Waals surface area (Å²) in [5.41, 5.74) is 6.23. The molecule has 15 heavy (non-hydrogen) atoms. The zero-order chi connectivity index (χ0) is 11.3. The number of rotatable bonds is 4. The summed E-state index contributed by atoms with van der Waals surface area (Å²) in [6.45, 7) is 3.86. The standard InChI is InChI=1S/C10H15N3O2/c1-7(2)9(11)10(14)15-6-8-5-12-3-4-13-8/h3-5,7,9H,6,11H2,1-2H3. The van der Waals surface area contributed by atoms with Gasteiger partial charge in [-0.2, -0.15) is 0 Å². The first-order valence-electron chi connectivity index (χ1n) is 4.78. The Morgan fingerprint density at radius 3 is 2.80 bits per heavy atom. The van der Waals surface area contributed by atoms with Gasteiger partial charge in [-0.05, 0) is 5.92 Å². The summed E-state index contributed by atoms with van der Waals surface area (Å²) in [4.78, 5) is 19.2. The van der Waals surface area contributed by atoms with Crippen molar-refractivity contribution in [2.45, 2.75) is 26.5 Å². The highest BCUT2D eigenvalue weighted by Crippen LogP contribution is 2.02. The van der Waals surface area contributed by atoms with Crippen LogP contribution >= 0.6 is 0 Å². The van der Waals surface area contributed by atoms with E-state index in [1.165, 1.54) is 0 Å².